The number of methoxy groups -OCH3 is 1. The maximum Gasteiger partial charge on any atom is 0.335 e. The van der Waals surface area contributed by atoms with E-state index in [4.69, 9.17) is 16.3 Å². The van der Waals surface area contributed by atoms with E-state index in [1.165, 1.54) is 11.1 Å². The molecule has 0 spiro atoms. The number of fused-ring (bicyclic) bond motifs is 1. The lowest BCUT2D eigenvalue weighted by Gasteiger charge is -2.21. The number of aromatic carboxylic acids is 1. The molecule has 0 aliphatic heterocycles. The standard InChI is InChI=1S/C30H24ClNO3/c1-35-28-17-23(30(33)34)13-12-22(28)16-24-19-32(27-18-25(31)14-15-26(24)27)29(20-8-4-2-5-9-20)21-10-6-3-7-11-21/h2-15,17-19,29H,16H2,1H3,(H,33,34). The first-order chi connectivity index (χ1) is 17.0. The van der Waals surface area contributed by atoms with E-state index >= 15 is 0 Å². The summed E-state index contributed by atoms with van der Waals surface area (Å²) in [5.41, 5.74) is 5.60. The maximum absolute atomic E-state index is 11.4. The van der Waals surface area contributed by atoms with Crippen LogP contribution < -0.4 is 4.74 Å². The Morgan fingerprint density at radius 1 is 0.886 bits per heavy atom. The predicted molar refractivity (Wildman–Crippen MR) is 140 cm³/mol. The van der Waals surface area contributed by atoms with Crippen LogP contribution in [0, 0.1) is 0 Å². The molecule has 1 aromatic heterocycles. The van der Waals surface area contributed by atoms with Gasteiger partial charge in [0, 0.05) is 23.0 Å². The van der Waals surface area contributed by atoms with E-state index in [1.54, 1.807) is 19.2 Å². The lowest BCUT2D eigenvalue weighted by atomic mass is 9.98. The normalized spacial score (nSPS) is 11.2. The van der Waals surface area contributed by atoms with Crippen LogP contribution in [0.3, 0.4) is 0 Å². The number of nitrogens with zero attached hydrogens (tertiary/aromatic N) is 1. The molecule has 0 radical (unpaired) electrons. The highest BCUT2D eigenvalue weighted by Crippen LogP contribution is 2.36. The molecule has 5 aromatic rings. The summed E-state index contributed by atoms with van der Waals surface area (Å²) in [6.45, 7) is 0. The average molecular weight is 482 g/mol. The van der Waals surface area contributed by atoms with Gasteiger partial charge in [-0.3, -0.25) is 0 Å². The first-order valence-electron chi connectivity index (χ1n) is 11.3. The Bertz CT molecular complexity index is 1450. The Morgan fingerprint density at radius 3 is 2.14 bits per heavy atom. The van der Waals surface area contributed by atoms with Gasteiger partial charge in [0.25, 0.3) is 0 Å². The van der Waals surface area contributed by atoms with Crippen LogP contribution in [0.1, 0.15) is 38.7 Å². The average Bonchev–Trinajstić information content (AvgIpc) is 3.22. The number of hydrogen-bond acceptors (Lipinski definition) is 2. The highest BCUT2D eigenvalue weighted by molar-refractivity contribution is 6.31. The van der Waals surface area contributed by atoms with E-state index in [0.29, 0.717) is 17.2 Å². The van der Waals surface area contributed by atoms with E-state index in [1.807, 2.05) is 30.3 Å². The molecule has 0 saturated heterocycles. The van der Waals surface area contributed by atoms with E-state index < -0.39 is 5.97 Å². The highest BCUT2D eigenvalue weighted by Gasteiger charge is 2.21. The van der Waals surface area contributed by atoms with Crippen molar-refractivity contribution in [1.29, 1.82) is 0 Å². The van der Waals surface area contributed by atoms with Crippen LogP contribution in [-0.2, 0) is 6.42 Å². The fourth-order valence-electron chi connectivity index (χ4n) is 4.66. The van der Waals surface area contributed by atoms with Crippen LogP contribution in [0.2, 0.25) is 5.02 Å². The van der Waals surface area contributed by atoms with Gasteiger partial charge in [0.05, 0.1) is 24.2 Å². The van der Waals surface area contributed by atoms with Gasteiger partial charge in [-0.25, -0.2) is 4.79 Å². The van der Waals surface area contributed by atoms with E-state index in [-0.39, 0.29) is 11.6 Å². The molecule has 4 nitrogen and oxygen atoms in total. The van der Waals surface area contributed by atoms with Gasteiger partial charge in [-0.15, -0.1) is 0 Å². The van der Waals surface area contributed by atoms with Crippen molar-refractivity contribution >= 4 is 28.5 Å². The van der Waals surface area contributed by atoms with E-state index in [9.17, 15) is 9.90 Å². The minimum atomic E-state index is -0.977. The van der Waals surface area contributed by atoms with Crippen LogP contribution in [0.4, 0.5) is 0 Å². The zero-order chi connectivity index (χ0) is 24.4. The molecule has 0 bridgehead atoms. The summed E-state index contributed by atoms with van der Waals surface area (Å²) in [5.74, 6) is -0.419. The lowest BCUT2D eigenvalue weighted by molar-refractivity contribution is 0.0696. The Balaban J connectivity index is 1.68. The van der Waals surface area contributed by atoms with Crippen molar-refractivity contribution in [2.45, 2.75) is 12.5 Å². The second-order valence-corrected chi connectivity index (χ2v) is 8.89. The third-order valence-corrected chi connectivity index (χ3v) is 6.54. The molecule has 4 aromatic carbocycles. The Labute approximate surface area is 209 Å². The fraction of sp³-hybridized carbons (Fsp3) is 0.100. The molecular formula is C30H24ClNO3. The number of aromatic nitrogens is 1. The summed E-state index contributed by atoms with van der Waals surface area (Å²) in [4.78, 5) is 11.4. The van der Waals surface area contributed by atoms with Crippen LogP contribution in [-0.4, -0.2) is 22.8 Å². The molecule has 0 fully saturated rings. The Kier molecular flexibility index (Phi) is 6.30. The fourth-order valence-corrected chi connectivity index (χ4v) is 4.83. The number of hydrogen-bond donors (Lipinski definition) is 1. The molecule has 0 amide bonds. The number of rotatable bonds is 7. The molecule has 0 atom stereocenters. The van der Waals surface area contributed by atoms with Crippen molar-refractivity contribution in [3.8, 4) is 5.75 Å². The van der Waals surface area contributed by atoms with E-state index in [0.717, 1.165) is 22.0 Å². The third-order valence-electron chi connectivity index (χ3n) is 6.30. The van der Waals surface area contributed by atoms with Gasteiger partial charge in [-0.2, -0.15) is 0 Å². The minimum absolute atomic E-state index is 0.0385. The molecule has 5 rings (SSSR count). The summed E-state index contributed by atoms with van der Waals surface area (Å²) in [6.07, 6.45) is 2.76. The number of ether oxygens (including phenoxy) is 1. The molecule has 1 heterocycles. The van der Waals surface area contributed by atoms with Crippen molar-refractivity contribution in [3.63, 3.8) is 0 Å². The van der Waals surface area contributed by atoms with Crippen molar-refractivity contribution in [2.24, 2.45) is 0 Å². The van der Waals surface area contributed by atoms with Crippen LogP contribution in [0.5, 0.6) is 5.75 Å². The number of carbonyl (C=O) groups is 1. The molecule has 174 valence electrons. The predicted octanol–water partition coefficient (Wildman–Crippen LogP) is 7.23. The molecule has 0 aliphatic rings. The molecule has 35 heavy (non-hydrogen) atoms. The summed E-state index contributed by atoms with van der Waals surface area (Å²) in [6, 6.07) is 31.8. The van der Waals surface area contributed by atoms with E-state index in [2.05, 4.69) is 65.4 Å². The largest absolute Gasteiger partial charge is 0.496 e. The quantitative estimate of drug-likeness (QED) is 0.267. The molecule has 0 saturated carbocycles. The molecule has 1 N–H and O–H groups in total. The first kappa shape index (κ1) is 22.8. The summed E-state index contributed by atoms with van der Waals surface area (Å²) >= 11 is 6.46. The van der Waals surface area contributed by atoms with Crippen molar-refractivity contribution in [2.75, 3.05) is 7.11 Å². The van der Waals surface area contributed by atoms with Crippen LogP contribution >= 0.6 is 11.6 Å². The van der Waals surface area contributed by atoms with Gasteiger partial charge in [0.1, 0.15) is 5.75 Å². The highest BCUT2D eigenvalue weighted by atomic mass is 35.5. The molecular weight excluding hydrogens is 458 g/mol. The molecule has 5 heteroatoms. The maximum atomic E-state index is 11.4. The summed E-state index contributed by atoms with van der Waals surface area (Å²) in [7, 11) is 1.56. The van der Waals surface area contributed by atoms with Crippen molar-refractivity contribution < 1.29 is 14.6 Å². The monoisotopic (exact) mass is 481 g/mol. The number of benzene rings is 4. The SMILES string of the molecule is COc1cc(C(=O)O)ccc1Cc1cn(C(c2ccccc2)c2ccccc2)c2cc(Cl)ccc12. The van der Waals surface area contributed by atoms with Gasteiger partial charge in [0.15, 0.2) is 0 Å². The zero-order valence-electron chi connectivity index (χ0n) is 19.2. The summed E-state index contributed by atoms with van der Waals surface area (Å²) in [5, 5.41) is 11.1. The number of halogens is 1. The number of carboxylic acid groups (broad SMARTS) is 1. The van der Waals surface area contributed by atoms with Gasteiger partial charge in [-0.05, 0) is 46.5 Å². The Hall–Kier alpha value is -4.02. The minimum Gasteiger partial charge on any atom is -0.496 e. The van der Waals surface area contributed by atoms with Crippen molar-refractivity contribution in [1.82, 2.24) is 4.57 Å². The summed E-state index contributed by atoms with van der Waals surface area (Å²) < 4.78 is 7.82. The van der Waals surface area contributed by atoms with Crippen LogP contribution in [0.25, 0.3) is 10.9 Å². The van der Waals surface area contributed by atoms with Crippen molar-refractivity contribution in [3.05, 3.63) is 136 Å². The van der Waals surface area contributed by atoms with Gasteiger partial charge in [0.2, 0.25) is 0 Å². The second kappa shape index (κ2) is 9.69. The molecule has 0 unspecified atom stereocenters. The van der Waals surface area contributed by atoms with Crippen LogP contribution in [0.15, 0.2) is 103 Å². The number of carboxylic acids is 1. The third kappa shape index (κ3) is 4.53. The lowest BCUT2D eigenvalue weighted by Crippen LogP contribution is -2.11. The smallest absolute Gasteiger partial charge is 0.335 e. The topological polar surface area (TPSA) is 51.5 Å². The molecule has 0 aliphatic carbocycles. The van der Waals surface area contributed by atoms with Gasteiger partial charge in [-0.1, -0.05) is 84.4 Å². The second-order valence-electron chi connectivity index (χ2n) is 8.46. The van der Waals surface area contributed by atoms with Gasteiger partial charge >= 0.3 is 5.97 Å². The first-order valence-corrected chi connectivity index (χ1v) is 11.7. The zero-order valence-corrected chi connectivity index (χ0v) is 19.9. The Morgan fingerprint density at radius 2 is 1.54 bits per heavy atom. The van der Waals surface area contributed by atoms with Gasteiger partial charge < -0.3 is 14.4 Å².